The van der Waals surface area contributed by atoms with Crippen LogP contribution in [0.15, 0.2) is 17.5 Å². The summed E-state index contributed by atoms with van der Waals surface area (Å²) >= 11 is 1.90. The van der Waals surface area contributed by atoms with E-state index >= 15 is 0 Å². The number of hydrogen-bond donors (Lipinski definition) is 1. The minimum atomic E-state index is 0.284. The number of thiophene rings is 1. The molecule has 3 rings (SSSR count). The summed E-state index contributed by atoms with van der Waals surface area (Å²) in [6, 6.07) is 5.22. The highest BCUT2D eigenvalue weighted by Gasteiger charge is 2.34. The molecule has 19 heavy (non-hydrogen) atoms. The first-order chi connectivity index (χ1) is 9.15. The fourth-order valence-electron chi connectivity index (χ4n) is 3.28. The first kappa shape index (κ1) is 13.6. The third kappa shape index (κ3) is 3.39. The second-order valence-corrected chi connectivity index (χ2v) is 7.80. The molecule has 2 fully saturated rings. The van der Waals surface area contributed by atoms with Gasteiger partial charge in [-0.3, -0.25) is 0 Å². The highest BCUT2D eigenvalue weighted by Crippen LogP contribution is 2.34. The van der Waals surface area contributed by atoms with Crippen molar-refractivity contribution in [3.05, 3.63) is 22.4 Å². The summed E-state index contributed by atoms with van der Waals surface area (Å²) in [5.41, 5.74) is 0.284. The van der Waals surface area contributed by atoms with Crippen molar-refractivity contribution in [2.24, 2.45) is 5.92 Å². The Balaban J connectivity index is 1.64. The van der Waals surface area contributed by atoms with Crippen LogP contribution in [0.3, 0.4) is 0 Å². The molecule has 0 bridgehead atoms. The molecule has 1 saturated heterocycles. The Hall–Kier alpha value is -0.380. The van der Waals surface area contributed by atoms with Gasteiger partial charge in [-0.25, -0.2) is 0 Å². The van der Waals surface area contributed by atoms with Gasteiger partial charge in [0.1, 0.15) is 0 Å². The van der Waals surface area contributed by atoms with Gasteiger partial charge in [-0.05, 0) is 49.7 Å². The SMILES string of the molecule is CC(C)(CN1CCCNC(C2CC2)C1)c1cccs1. The Labute approximate surface area is 121 Å². The van der Waals surface area contributed by atoms with Gasteiger partial charge in [0.2, 0.25) is 0 Å². The molecule has 1 unspecified atom stereocenters. The van der Waals surface area contributed by atoms with Crippen LogP contribution in [0.5, 0.6) is 0 Å². The summed E-state index contributed by atoms with van der Waals surface area (Å²) in [5, 5.41) is 5.96. The predicted molar refractivity (Wildman–Crippen MR) is 82.9 cm³/mol. The van der Waals surface area contributed by atoms with Crippen molar-refractivity contribution in [1.82, 2.24) is 10.2 Å². The molecule has 2 aliphatic rings. The molecule has 106 valence electrons. The zero-order valence-electron chi connectivity index (χ0n) is 12.2. The third-order valence-corrected chi connectivity index (χ3v) is 5.75. The van der Waals surface area contributed by atoms with Crippen LogP contribution in [0.2, 0.25) is 0 Å². The van der Waals surface area contributed by atoms with E-state index in [0.717, 1.165) is 12.0 Å². The monoisotopic (exact) mass is 278 g/mol. The van der Waals surface area contributed by atoms with Crippen molar-refractivity contribution in [2.75, 3.05) is 26.2 Å². The van der Waals surface area contributed by atoms with E-state index in [1.54, 1.807) is 0 Å². The van der Waals surface area contributed by atoms with Gasteiger partial charge in [0.15, 0.2) is 0 Å². The fourth-order valence-corrected chi connectivity index (χ4v) is 4.13. The minimum Gasteiger partial charge on any atom is -0.312 e. The Morgan fingerprint density at radius 3 is 2.95 bits per heavy atom. The molecule has 1 aliphatic carbocycles. The van der Waals surface area contributed by atoms with Crippen molar-refractivity contribution >= 4 is 11.3 Å². The zero-order valence-corrected chi connectivity index (χ0v) is 13.0. The summed E-state index contributed by atoms with van der Waals surface area (Å²) in [7, 11) is 0. The van der Waals surface area contributed by atoms with E-state index in [1.807, 2.05) is 11.3 Å². The van der Waals surface area contributed by atoms with Gasteiger partial charge in [-0.2, -0.15) is 0 Å². The molecule has 1 saturated carbocycles. The van der Waals surface area contributed by atoms with E-state index in [2.05, 4.69) is 41.6 Å². The zero-order chi connectivity index (χ0) is 13.3. The average Bonchev–Trinajstić information content (AvgIpc) is 3.10. The summed E-state index contributed by atoms with van der Waals surface area (Å²) in [4.78, 5) is 4.22. The van der Waals surface area contributed by atoms with Gasteiger partial charge in [-0.1, -0.05) is 19.9 Å². The lowest BCUT2D eigenvalue weighted by molar-refractivity contribution is 0.215. The molecule has 1 aliphatic heterocycles. The quantitative estimate of drug-likeness (QED) is 0.910. The Morgan fingerprint density at radius 1 is 1.42 bits per heavy atom. The van der Waals surface area contributed by atoms with Gasteiger partial charge in [0.05, 0.1) is 0 Å². The molecule has 2 nitrogen and oxygen atoms in total. The lowest BCUT2D eigenvalue weighted by Crippen LogP contribution is -2.43. The first-order valence-electron chi connectivity index (χ1n) is 7.65. The van der Waals surface area contributed by atoms with Gasteiger partial charge in [-0.15, -0.1) is 11.3 Å². The molecule has 1 aromatic heterocycles. The Bertz CT molecular complexity index is 395. The van der Waals surface area contributed by atoms with Crippen LogP contribution >= 0.6 is 11.3 Å². The molecule has 1 N–H and O–H groups in total. The second kappa shape index (κ2) is 5.55. The maximum atomic E-state index is 3.75. The minimum absolute atomic E-state index is 0.284. The van der Waals surface area contributed by atoms with Crippen LogP contribution in [0.4, 0.5) is 0 Å². The second-order valence-electron chi connectivity index (χ2n) is 6.85. The topological polar surface area (TPSA) is 15.3 Å². The number of rotatable bonds is 4. The number of hydrogen-bond acceptors (Lipinski definition) is 3. The van der Waals surface area contributed by atoms with E-state index < -0.39 is 0 Å². The smallest absolute Gasteiger partial charge is 0.0223 e. The summed E-state index contributed by atoms with van der Waals surface area (Å²) in [5.74, 6) is 0.963. The summed E-state index contributed by atoms with van der Waals surface area (Å²) < 4.78 is 0. The average molecular weight is 278 g/mol. The van der Waals surface area contributed by atoms with Gasteiger partial charge < -0.3 is 10.2 Å². The van der Waals surface area contributed by atoms with Crippen molar-refractivity contribution in [2.45, 2.75) is 44.6 Å². The normalized spacial score (nSPS) is 26.3. The molecular weight excluding hydrogens is 252 g/mol. The lowest BCUT2D eigenvalue weighted by Gasteiger charge is -2.33. The third-order valence-electron chi connectivity index (χ3n) is 4.51. The molecule has 0 spiro atoms. The molecule has 2 heterocycles. The van der Waals surface area contributed by atoms with Crippen LogP contribution in [0.25, 0.3) is 0 Å². The van der Waals surface area contributed by atoms with Crippen LogP contribution in [0.1, 0.15) is 38.0 Å². The molecule has 0 aromatic carbocycles. The lowest BCUT2D eigenvalue weighted by atomic mass is 9.90. The Morgan fingerprint density at radius 2 is 2.26 bits per heavy atom. The molecule has 0 radical (unpaired) electrons. The van der Waals surface area contributed by atoms with Crippen LogP contribution in [-0.4, -0.2) is 37.1 Å². The molecule has 0 amide bonds. The first-order valence-corrected chi connectivity index (χ1v) is 8.53. The van der Waals surface area contributed by atoms with Crippen molar-refractivity contribution in [3.8, 4) is 0 Å². The maximum absolute atomic E-state index is 3.75. The van der Waals surface area contributed by atoms with Gasteiger partial charge in [0.25, 0.3) is 0 Å². The maximum Gasteiger partial charge on any atom is 0.0223 e. The fraction of sp³-hybridized carbons (Fsp3) is 0.750. The predicted octanol–water partition coefficient (Wildman–Crippen LogP) is 3.10. The van der Waals surface area contributed by atoms with E-state index in [-0.39, 0.29) is 5.41 Å². The largest absolute Gasteiger partial charge is 0.312 e. The van der Waals surface area contributed by atoms with Gasteiger partial charge >= 0.3 is 0 Å². The van der Waals surface area contributed by atoms with Crippen LogP contribution in [0, 0.1) is 5.92 Å². The van der Waals surface area contributed by atoms with Crippen LogP contribution < -0.4 is 5.32 Å². The van der Waals surface area contributed by atoms with E-state index in [1.165, 1.54) is 50.3 Å². The number of nitrogens with zero attached hydrogens (tertiary/aromatic N) is 1. The van der Waals surface area contributed by atoms with E-state index in [4.69, 9.17) is 0 Å². The van der Waals surface area contributed by atoms with Crippen LogP contribution in [-0.2, 0) is 5.41 Å². The molecule has 1 atom stereocenters. The molecule has 1 aromatic rings. The molecule has 3 heteroatoms. The highest BCUT2D eigenvalue weighted by atomic mass is 32.1. The van der Waals surface area contributed by atoms with E-state index in [0.29, 0.717) is 0 Å². The highest BCUT2D eigenvalue weighted by molar-refractivity contribution is 7.10. The summed E-state index contributed by atoms with van der Waals surface area (Å²) in [6.07, 6.45) is 4.18. The van der Waals surface area contributed by atoms with Gasteiger partial charge in [0, 0.05) is 29.4 Å². The number of nitrogens with one attached hydrogen (secondary N) is 1. The standard InChI is InChI=1S/C16H26N2S/c1-16(2,15-5-3-10-19-15)12-18-9-4-8-17-14(11-18)13-6-7-13/h3,5,10,13-14,17H,4,6-9,11-12H2,1-2H3. The van der Waals surface area contributed by atoms with Crippen molar-refractivity contribution in [3.63, 3.8) is 0 Å². The van der Waals surface area contributed by atoms with E-state index in [9.17, 15) is 0 Å². The van der Waals surface area contributed by atoms with Crippen molar-refractivity contribution in [1.29, 1.82) is 0 Å². The van der Waals surface area contributed by atoms with Crippen molar-refractivity contribution < 1.29 is 0 Å². The summed E-state index contributed by atoms with van der Waals surface area (Å²) in [6.45, 7) is 9.69. The molecular formula is C16H26N2S. The Kier molecular flexibility index (Phi) is 3.97.